The molecule has 27 heavy (non-hydrogen) atoms. The van der Waals surface area contributed by atoms with Gasteiger partial charge in [-0.25, -0.2) is 4.99 Å². The first-order valence-electron chi connectivity index (χ1n) is 8.97. The lowest BCUT2D eigenvalue weighted by Crippen LogP contribution is -2.32. The fourth-order valence-electron chi connectivity index (χ4n) is 2.70. The van der Waals surface area contributed by atoms with Crippen molar-refractivity contribution in [3.8, 4) is 5.75 Å². The lowest BCUT2D eigenvalue weighted by atomic mass is 10.1. The molecule has 4 nitrogen and oxygen atoms in total. The highest BCUT2D eigenvalue weighted by Crippen LogP contribution is 2.35. The summed E-state index contributed by atoms with van der Waals surface area (Å²) >= 11 is 1.43. The number of aliphatic imine (C=N–C) groups is 1. The van der Waals surface area contributed by atoms with Gasteiger partial charge in [0.1, 0.15) is 5.75 Å². The van der Waals surface area contributed by atoms with Crippen LogP contribution in [-0.2, 0) is 4.79 Å². The Kier molecular flexibility index (Phi) is 6.01. The van der Waals surface area contributed by atoms with Crippen molar-refractivity contribution in [3.63, 3.8) is 0 Å². The van der Waals surface area contributed by atoms with Crippen molar-refractivity contribution < 1.29 is 9.53 Å². The van der Waals surface area contributed by atoms with Crippen molar-refractivity contribution in [3.05, 3.63) is 64.6 Å². The molecular formula is C22H24N2O2S. The number of aryl methyl sites for hydroxylation is 1. The third-order valence-electron chi connectivity index (χ3n) is 4.11. The SMILES string of the molecule is COc1ccc(N=C2S/C(=C\c3ccc(C)cc3)C(=O)N2CC(C)C)cc1. The number of rotatable bonds is 5. The zero-order valence-electron chi connectivity index (χ0n) is 16.1. The Morgan fingerprint density at radius 3 is 2.37 bits per heavy atom. The summed E-state index contributed by atoms with van der Waals surface area (Å²) in [5.74, 6) is 1.16. The minimum Gasteiger partial charge on any atom is -0.497 e. The van der Waals surface area contributed by atoms with Crippen molar-refractivity contribution in [2.45, 2.75) is 20.8 Å². The van der Waals surface area contributed by atoms with Crippen LogP contribution in [0.1, 0.15) is 25.0 Å². The van der Waals surface area contributed by atoms with Gasteiger partial charge >= 0.3 is 0 Å². The third-order valence-corrected chi connectivity index (χ3v) is 5.11. The number of ether oxygens (including phenoxy) is 1. The summed E-state index contributed by atoms with van der Waals surface area (Å²) in [5, 5.41) is 0.720. The summed E-state index contributed by atoms with van der Waals surface area (Å²) in [5.41, 5.74) is 3.02. The van der Waals surface area contributed by atoms with Crippen molar-refractivity contribution in [2.24, 2.45) is 10.9 Å². The molecule has 1 fully saturated rings. The van der Waals surface area contributed by atoms with Gasteiger partial charge in [0.25, 0.3) is 5.91 Å². The topological polar surface area (TPSA) is 41.9 Å². The lowest BCUT2D eigenvalue weighted by molar-refractivity contribution is -0.122. The van der Waals surface area contributed by atoms with Crippen molar-refractivity contribution >= 4 is 34.6 Å². The minimum atomic E-state index is 0.0153. The molecule has 0 aliphatic carbocycles. The van der Waals surface area contributed by atoms with Crippen LogP contribution in [0.15, 0.2) is 58.4 Å². The van der Waals surface area contributed by atoms with Crippen LogP contribution >= 0.6 is 11.8 Å². The molecule has 0 radical (unpaired) electrons. The number of benzene rings is 2. The molecular weight excluding hydrogens is 356 g/mol. The van der Waals surface area contributed by atoms with Crippen molar-refractivity contribution in [2.75, 3.05) is 13.7 Å². The van der Waals surface area contributed by atoms with Gasteiger partial charge in [-0.2, -0.15) is 0 Å². The Bertz CT molecular complexity index is 868. The molecule has 1 aliphatic heterocycles. The highest BCUT2D eigenvalue weighted by molar-refractivity contribution is 8.18. The fraction of sp³-hybridized carbons (Fsp3) is 0.273. The second-order valence-electron chi connectivity index (χ2n) is 6.92. The maximum Gasteiger partial charge on any atom is 0.266 e. The number of carbonyl (C=O) groups excluding carboxylic acids is 1. The van der Waals surface area contributed by atoms with E-state index in [-0.39, 0.29) is 5.91 Å². The van der Waals surface area contributed by atoms with Gasteiger partial charge in [0.05, 0.1) is 17.7 Å². The number of hydrogen-bond donors (Lipinski definition) is 0. The molecule has 0 spiro atoms. The van der Waals surface area contributed by atoms with Gasteiger partial charge in [0.2, 0.25) is 0 Å². The summed E-state index contributed by atoms with van der Waals surface area (Å²) in [6.45, 7) is 6.90. The van der Waals surface area contributed by atoms with E-state index in [9.17, 15) is 4.79 Å². The molecule has 1 amide bonds. The van der Waals surface area contributed by atoms with E-state index in [1.807, 2.05) is 42.5 Å². The van der Waals surface area contributed by atoms with Crippen LogP contribution in [0.3, 0.4) is 0 Å². The van der Waals surface area contributed by atoms with Crippen molar-refractivity contribution in [1.29, 1.82) is 0 Å². The van der Waals surface area contributed by atoms with Gasteiger partial charge in [-0.05, 0) is 60.5 Å². The predicted octanol–water partition coefficient (Wildman–Crippen LogP) is 5.26. The molecule has 0 saturated carbocycles. The summed E-state index contributed by atoms with van der Waals surface area (Å²) in [6.07, 6.45) is 1.94. The van der Waals surface area contributed by atoms with Crippen LogP contribution in [0.5, 0.6) is 5.75 Å². The molecule has 1 saturated heterocycles. The normalized spacial score (nSPS) is 17.4. The Balaban J connectivity index is 1.92. The van der Waals surface area contributed by atoms with E-state index in [0.717, 1.165) is 22.2 Å². The number of thioether (sulfide) groups is 1. The standard InChI is InChI=1S/C22H24N2O2S/c1-15(2)14-24-21(25)20(13-17-7-5-16(3)6-8-17)27-22(24)23-18-9-11-19(26-4)12-10-18/h5-13,15H,14H2,1-4H3/b20-13-,23-22?. The number of amides is 1. The molecule has 0 aromatic heterocycles. The largest absolute Gasteiger partial charge is 0.497 e. The number of methoxy groups -OCH3 is 1. The maximum atomic E-state index is 12.9. The number of hydrogen-bond acceptors (Lipinski definition) is 4. The van der Waals surface area contributed by atoms with E-state index in [1.54, 1.807) is 12.0 Å². The van der Waals surface area contributed by atoms with E-state index in [0.29, 0.717) is 17.4 Å². The van der Waals surface area contributed by atoms with E-state index in [2.05, 4.69) is 32.9 Å². The van der Waals surface area contributed by atoms with E-state index in [1.165, 1.54) is 17.3 Å². The van der Waals surface area contributed by atoms with Gasteiger partial charge in [-0.1, -0.05) is 43.7 Å². The zero-order valence-corrected chi connectivity index (χ0v) is 16.9. The maximum absolute atomic E-state index is 12.9. The number of amidine groups is 1. The molecule has 0 unspecified atom stereocenters. The molecule has 0 N–H and O–H groups in total. The summed E-state index contributed by atoms with van der Waals surface area (Å²) in [6, 6.07) is 15.7. The smallest absolute Gasteiger partial charge is 0.266 e. The first-order chi connectivity index (χ1) is 13.0. The second kappa shape index (κ2) is 8.44. The highest BCUT2D eigenvalue weighted by Gasteiger charge is 2.33. The molecule has 2 aromatic rings. The molecule has 5 heteroatoms. The average molecular weight is 381 g/mol. The third kappa shape index (κ3) is 4.80. The Labute approximate surface area is 164 Å². The molecule has 1 aliphatic rings. The van der Waals surface area contributed by atoms with Crippen LogP contribution < -0.4 is 4.74 Å². The van der Waals surface area contributed by atoms with Crippen molar-refractivity contribution in [1.82, 2.24) is 4.90 Å². The van der Waals surface area contributed by atoms with Crippen LogP contribution in [0.25, 0.3) is 6.08 Å². The Hall–Kier alpha value is -2.53. The average Bonchev–Trinajstić information content (AvgIpc) is 2.92. The van der Waals surface area contributed by atoms with Gasteiger partial charge in [-0.15, -0.1) is 0 Å². The quantitative estimate of drug-likeness (QED) is 0.664. The molecule has 140 valence electrons. The van der Waals surface area contributed by atoms with Crippen LogP contribution in [0.4, 0.5) is 5.69 Å². The monoisotopic (exact) mass is 380 g/mol. The molecule has 2 aromatic carbocycles. The van der Waals surface area contributed by atoms with E-state index < -0.39 is 0 Å². The molecule has 0 atom stereocenters. The number of nitrogens with zero attached hydrogens (tertiary/aromatic N) is 2. The minimum absolute atomic E-state index is 0.0153. The second-order valence-corrected chi connectivity index (χ2v) is 7.93. The fourth-order valence-corrected chi connectivity index (χ4v) is 3.71. The molecule has 0 bridgehead atoms. The van der Waals surface area contributed by atoms with Gasteiger partial charge in [0, 0.05) is 6.54 Å². The van der Waals surface area contributed by atoms with Gasteiger partial charge < -0.3 is 4.74 Å². The highest BCUT2D eigenvalue weighted by atomic mass is 32.2. The van der Waals surface area contributed by atoms with Gasteiger partial charge in [-0.3, -0.25) is 9.69 Å². The summed E-state index contributed by atoms with van der Waals surface area (Å²) < 4.78 is 5.19. The first-order valence-corrected chi connectivity index (χ1v) is 9.78. The number of carbonyl (C=O) groups is 1. The van der Waals surface area contributed by atoms with E-state index >= 15 is 0 Å². The summed E-state index contributed by atoms with van der Waals surface area (Å²) in [4.78, 5) is 20.1. The van der Waals surface area contributed by atoms with Crippen LogP contribution in [0.2, 0.25) is 0 Å². The Morgan fingerprint density at radius 2 is 1.78 bits per heavy atom. The van der Waals surface area contributed by atoms with Crippen LogP contribution in [-0.4, -0.2) is 29.6 Å². The molecule has 3 rings (SSSR count). The predicted molar refractivity (Wildman–Crippen MR) is 113 cm³/mol. The first kappa shape index (κ1) is 19.2. The van der Waals surface area contributed by atoms with E-state index in [4.69, 9.17) is 9.73 Å². The molecule has 1 heterocycles. The van der Waals surface area contributed by atoms with Gasteiger partial charge in [0.15, 0.2) is 5.17 Å². The Morgan fingerprint density at radius 1 is 1.11 bits per heavy atom. The zero-order chi connectivity index (χ0) is 19.4. The lowest BCUT2D eigenvalue weighted by Gasteiger charge is -2.17. The summed E-state index contributed by atoms with van der Waals surface area (Å²) in [7, 11) is 1.64. The van der Waals surface area contributed by atoms with Crippen LogP contribution in [0, 0.1) is 12.8 Å².